The predicted octanol–water partition coefficient (Wildman–Crippen LogP) is 0.568. The van der Waals surface area contributed by atoms with Crippen LogP contribution in [0.4, 0.5) is 0 Å². The van der Waals surface area contributed by atoms with Gasteiger partial charge >= 0.3 is 0 Å². The van der Waals surface area contributed by atoms with Gasteiger partial charge in [-0.15, -0.1) is 0 Å². The van der Waals surface area contributed by atoms with E-state index in [9.17, 15) is 25.5 Å². The summed E-state index contributed by atoms with van der Waals surface area (Å²) in [6, 6.07) is 12.2. The number of hydrogen-bond acceptors (Lipinski definition) is 8. The summed E-state index contributed by atoms with van der Waals surface area (Å²) in [6.45, 7) is 0.490. The van der Waals surface area contributed by atoms with Gasteiger partial charge in [0.05, 0.1) is 19.8 Å². The first kappa shape index (κ1) is 24.9. The Hall–Kier alpha value is -1.75. The van der Waals surface area contributed by atoms with Gasteiger partial charge in [0.2, 0.25) is 0 Å². The molecule has 1 heterocycles. The molecule has 1 aliphatic heterocycles. The Bertz CT molecular complexity index is 856. The SMILES string of the molecule is OCC(O)[C@@H](O)[C@H](O)[C@@H](O)C(O)c1ccc(Cl)c(Cc2ccc(O[C@H]3CCOC3)cc2)c1. The van der Waals surface area contributed by atoms with Crippen molar-refractivity contribution in [2.24, 2.45) is 0 Å². The van der Waals surface area contributed by atoms with Crippen LogP contribution in [0.15, 0.2) is 42.5 Å². The Labute approximate surface area is 191 Å². The van der Waals surface area contributed by atoms with E-state index >= 15 is 0 Å². The van der Waals surface area contributed by atoms with E-state index in [0.717, 1.165) is 17.7 Å². The van der Waals surface area contributed by atoms with Crippen LogP contribution in [0.5, 0.6) is 5.75 Å². The van der Waals surface area contributed by atoms with Crippen molar-refractivity contribution >= 4 is 11.6 Å². The zero-order valence-corrected chi connectivity index (χ0v) is 18.2. The number of halogens is 1. The van der Waals surface area contributed by atoms with Crippen molar-refractivity contribution in [3.63, 3.8) is 0 Å². The lowest BCUT2D eigenvalue weighted by Crippen LogP contribution is -2.47. The van der Waals surface area contributed by atoms with Crippen LogP contribution in [0, 0.1) is 0 Å². The van der Waals surface area contributed by atoms with E-state index < -0.39 is 37.1 Å². The maximum absolute atomic E-state index is 10.5. The van der Waals surface area contributed by atoms with E-state index in [4.69, 9.17) is 26.2 Å². The Balaban J connectivity index is 1.68. The summed E-state index contributed by atoms with van der Waals surface area (Å²) in [7, 11) is 0. The number of ether oxygens (including phenoxy) is 2. The van der Waals surface area contributed by atoms with Gasteiger partial charge in [-0.05, 0) is 41.3 Å². The molecule has 9 heteroatoms. The molecule has 8 nitrogen and oxygen atoms in total. The highest BCUT2D eigenvalue weighted by atomic mass is 35.5. The number of aliphatic hydroxyl groups excluding tert-OH is 6. The molecular formula is C23H29ClO8. The van der Waals surface area contributed by atoms with Gasteiger partial charge in [-0.3, -0.25) is 0 Å². The van der Waals surface area contributed by atoms with E-state index in [1.54, 1.807) is 12.1 Å². The number of aliphatic hydroxyl groups is 6. The first-order valence-corrected chi connectivity index (χ1v) is 10.8. The van der Waals surface area contributed by atoms with E-state index in [1.807, 2.05) is 24.3 Å². The summed E-state index contributed by atoms with van der Waals surface area (Å²) in [4.78, 5) is 0. The molecule has 0 bridgehead atoms. The minimum atomic E-state index is -1.87. The van der Waals surface area contributed by atoms with Gasteiger partial charge in [0.1, 0.15) is 42.4 Å². The third-order valence-electron chi connectivity index (χ3n) is 5.52. The third-order valence-corrected chi connectivity index (χ3v) is 5.89. The molecule has 3 rings (SSSR count). The highest BCUT2D eigenvalue weighted by Gasteiger charge is 2.34. The lowest BCUT2D eigenvalue weighted by Gasteiger charge is -2.28. The first-order valence-electron chi connectivity index (χ1n) is 10.4. The largest absolute Gasteiger partial charge is 0.488 e. The summed E-state index contributed by atoms with van der Waals surface area (Å²) in [5.74, 6) is 0.750. The van der Waals surface area contributed by atoms with Gasteiger partial charge in [0, 0.05) is 11.4 Å². The van der Waals surface area contributed by atoms with Crippen molar-refractivity contribution in [1.82, 2.24) is 0 Å². The van der Waals surface area contributed by atoms with Crippen LogP contribution in [-0.4, -0.2) is 81.0 Å². The minimum Gasteiger partial charge on any atom is -0.488 e. The highest BCUT2D eigenvalue weighted by Crippen LogP contribution is 2.28. The maximum Gasteiger partial charge on any atom is 0.124 e. The quantitative estimate of drug-likeness (QED) is 0.297. The van der Waals surface area contributed by atoms with Crippen LogP contribution in [-0.2, 0) is 11.2 Å². The maximum atomic E-state index is 10.5. The topological polar surface area (TPSA) is 140 Å². The predicted molar refractivity (Wildman–Crippen MR) is 117 cm³/mol. The standard InChI is InChI=1S/C23H29ClO8/c24-18-6-3-14(20(27)22(29)23(30)21(28)19(26)11-25)10-15(18)9-13-1-4-16(5-2-13)32-17-7-8-31-12-17/h1-6,10,17,19-23,25-30H,7-9,11-12H2/t17-,19?,20?,21+,22-,23-/m0/s1. The molecule has 2 aromatic rings. The van der Waals surface area contributed by atoms with E-state index in [2.05, 4.69) is 0 Å². The fraction of sp³-hybridized carbons (Fsp3) is 0.478. The molecule has 0 saturated carbocycles. The number of rotatable bonds is 10. The second-order valence-corrected chi connectivity index (χ2v) is 8.35. The highest BCUT2D eigenvalue weighted by molar-refractivity contribution is 6.31. The van der Waals surface area contributed by atoms with Gasteiger partial charge < -0.3 is 40.1 Å². The molecule has 2 aromatic carbocycles. The molecule has 1 saturated heterocycles. The van der Waals surface area contributed by atoms with Crippen molar-refractivity contribution in [3.8, 4) is 5.75 Å². The lowest BCUT2D eigenvalue weighted by molar-refractivity contribution is -0.141. The monoisotopic (exact) mass is 468 g/mol. The molecule has 0 amide bonds. The van der Waals surface area contributed by atoms with Crippen molar-refractivity contribution in [2.45, 2.75) is 49.5 Å². The lowest BCUT2D eigenvalue weighted by atomic mass is 9.93. The molecule has 176 valence electrons. The van der Waals surface area contributed by atoms with Gasteiger partial charge in [-0.1, -0.05) is 35.9 Å². The second kappa shape index (κ2) is 11.4. The van der Waals surface area contributed by atoms with Crippen LogP contribution in [0.25, 0.3) is 0 Å². The fourth-order valence-electron chi connectivity index (χ4n) is 3.54. The summed E-state index contributed by atoms with van der Waals surface area (Å²) in [5, 5.41) is 59.4. The molecule has 0 spiro atoms. The number of hydrogen-bond donors (Lipinski definition) is 6. The second-order valence-electron chi connectivity index (χ2n) is 7.94. The summed E-state index contributed by atoms with van der Waals surface area (Å²) < 4.78 is 11.2. The number of benzene rings is 2. The molecule has 6 N–H and O–H groups in total. The minimum absolute atomic E-state index is 0.0623. The van der Waals surface area contributed by atoms with Crippen LogP contribution in [0.2, 0.25) is 5.02 Å². The van der Waals surface area contributed by atoms with Crippen LogP contribution in [0.1, 0.15) is 29.2 Å². The van der Waals surface area contributed by atoms with Gasteiger partial charge in [-0.2, -0.15) is 0 Å². The zero-order chi connectivity index (χ0) is 23.3. The first-order chi connectivity index (χ1) is 15.3. The summed E-state index contributed by atoms with van der Waals surface area (Å²) in [5.41, 5.74) is 1.93. The van der Waals surface area contributed by atoms with Gasteiger partial charge in [0.25, 0.3) is 0 Å². The molecule has 1 aliphatic rings. The Kier molecular flexibility index (Phi) is 8.87. The molecule has 2 unspecified atom stereocenters. The van der Waals surface area contributed by atoms with Crippen LogP contribution < -0.4 is 4.74 Å². The van der Waals surface area contributed by atoms with Crippen molar-refractivity contribution in [3.05, 3.63) is 64.2 Å². The summed E-state index contributed by atoms with van der Waals surface area (Å²) in [6.07, 6.45) is -7.31. The van der Waals surface area contributed by atoms with Crippen molar-refractivity contribution < 1.29 is 40.1 Å². The van der Waals surface area contributed by atoms with Gasteiger partial charge in [0.15, 0.2) is 0 Å². The normalized spacial score (nSPS) is 21.0. The van der Waals surface area contributed by atoms with Crippen LogP contribution >= 0.6 is 11.6 Å². The zero-order valence-electron chi connectivity index (χ0n) is 17.4. The molecule has 0 radical (unpaired) electrons. The average Bonchev–Trinajstić information content (AvgIpc) is 3.32. The van der Waals surface area contributed by atoms with Crippen molar-refractivity contribution in [1.29, 1.82) is 0 Å². The Morgan fingerprint density at radius 2 is 1.69 bits per heavy atom. The van der Waals surface area contributed by atoms with Crippen LogP contribution in [0.3, 0.4) is 0 Å². The molecule has 0 aromatic heterocycles. The molecule has 0 aliphatic carbocycles. The summed E-state index contributed by atoms with van der Waals surface area (Å²) >= 11 is 6.32. The average molecular weight is 469 g/mol. The Morgan fingerprint density at radius 1 is 0.969 bits per heavy atom. The molecule has 1 fully saturated rings. The Morgan fingerprint density at radius 3 is 2.31 bits per heavy atom. The smallest absolute Gasteiger partial charge is 0.124 e. The van der Waals surface area contributed by atoms with E-state index in [0.29, 0.717) is 30.2 Å². The van der Waals surface area contributed by atoms with Crippen molar-refractivity contribution in [2.75, 3.05) is 19.8 Å². The molecule has 6 atom stereocenters. The van der Waals surface area contributed by atoms with Gasteiger partial charge in [-0.25, -0.2) is 0 Å². The van der Waals surface area contributed by atoms with E-state index in [1.165, 1.54) is 6.07 Å². The van der Waals surface area contributed by atoms with E-state index in [-0.39, 0.29) is 11.7 Å². The molecule has 32 heavy (non-hydrogen) atoms. The third kappa shape index (κ3) is 6.18. The fourth-order valence-corrected chi connectivity index (χ4v) is 3.72. The molecular weight excluding hydrogens is 440 g/mol.